The molecule has 1 rings (SSSR count). The zero-order valence-electron chi connectivity index (χ0n) is 10.2. The molecule has 4 nitrogen and oxygen atoms in total. The fourth-order valence-electron chi connectivity index (χ4n) is 1.49. The van der Waals surface area contributed by atoms with E-state index >= 15 is 0 Å². The maximum atomic E-state index is 11.1. The molecule has 0 aliphatic carbocycles. The molecule has 0 aliphatic rings. The third kappa shape index (κ3) is 4.02. The number of thioether (sulfide) groups is 1. The molecule has 0 spiro atoms. The van der Waals surface area contributed by atoms with Crippen LogP contribution in [0.15, 0.2) is 11.1 Å². The first-order valence-corrected chi connectivity index (χ1v) is 6.42. The van der Waals surface area contributed by atoms with Crippen molar-refractivity contribution in [1.29, 1.82) is 0 Å². The van der Waals surface area contributed by atoms with Crippen molar-refractivity contribution >= 4 is 17.7 Å². The van der Waals surface area contributed by atoms with Gasteiger partial charge in [-0.05, 0) is 38.8 Å². The van der Waals surface area contributed by atoms with Crippen LogP contribution in [0, 0.1) is 13.8 Å². The molecule has 0 saturated carbocycles. The van der Waals surface area contributed by atoms with E-state index in [1.807, 2.05) is 6.92 Å². The van der Waals surface area contributed by atoms with Gasteiger partial charge in [0.05, 0.1) is 11.7 Å². The number of hydrogen-bond acceptors (Lipinski definition) is 4. The van der Waals surface area contributed by atoms with E-state index in [0.717, 1.165) is 11.3 Å². The van der Waals surface area contributed by atoms with E-state index in [1.165, 1.54) is 11.8 Å². The standard InChI is InChI=1S/C12H17NO3S/c1-7-6-8(2)13-11(10(7)12(15)16)17-5-4-9(3)14/h6,9,14H,4-5H2,1-3H3,(H,15,16). The van der Waals surface area contributed by atoms with Gasteiger partial charge in [0.2, 0.25) is 0 Å². The molecular formula is C12H17NO3S. The second-order valence-corrected chi connectivity index (χ2v) is 5.14. The van der Waals surface area contributed by atoms with Gasteiger partial charge in [0.25, 0.3) is 0 Å². The molecule has 0 radical (unpaired) electrons. The Morgan fingerprint density at radius 1 is 1.53 bits per heavy atom. The van der Waals surface area contributed by atoms with E-state index in [0.29, 0.717) is 17.2 Å². The number of carboxylic acids is 1. The van der Waals surface area contributed by atoms with Gasteiger partial charge in [0, 0.05) is 11.4 Å². The summed E-state index contributed by atoms with van der Waals surface area (Å²) in [5.74, 6) is -0.289. The van der Waals surface area contributed by atoms with Crippen molar-refractivity contribution in [3.63, 3.8) is 0 Å². The van der Waals surface area contributed by atoms with E-state index in [2.05, 4.69) is 4.98 Å². The number of aromatic carboxylic acids is 1. The topological polar surface area (TPSA) is 70.4 Å². The van der Waals surface area contributed by atoms with E-state index in [1.54, 1.807) is 19.9 Å². The van der Waals surface area contributed by atoms with Crippen molar-refractivity contribution in [1.82, 2.24) is 4.98 Å². The molecule has 94 valence electrons. The third-order valence-corrected chi connectivity index (χ3v) is 3.31. The minimum Gasteiger partial charge on any atom is -0.478 e. The zero-order valence-corrected chi connectivity index (χ0v) is 11.0. The van der Waals surface area contributed by atoms with Gasteiger partial charge in [-0.15, -0.1) is 11.8 Å². The van der Waals surface area contributed by atoms with Gasteiger partial charge < -0.3 is 10.2 Å². The highest BCUT2D eigenvalue weighted by Crippen LogP contribution is 2.25. The van der Waals surface area contributed by atoms with Gasteiger partial charge in [0.1, 0.15) is 5.03 Å². The Labute approximate surface area is 105 Å². The first-order chi connectivity index (χ1) is 7.91. The number of carbonyl (C=O) groups is 1. The van der Waals surface area contributed by atoms with Gasteiger partial charge in [-0.25, -0.2) is 9.78 Å². The summed E-state index contributed by atoms with van der Waals surface area (Å²) < 4.78 is 0. The number of pyridine rings is 1. The molecule has 1 heterocycles. The van der Waals surface area contributed by atoms with E-state index < -0.39 is 5.97 Å². The molecule has 0 bridgehead atoms. The highest BCUT2D eigenvalue weighted by molar-refractivity contribution is 7.99. The number of carboxylic acid groups (broad SMARTS) is 1. The highest BCUT2D eigenvalue weighted by atomic mass is 32.2. The van der Waals surface area contributed by atoms with Crippen LogP contribution in [0.5, 0.6) is 0 Å². The summed E-state index contributed by atoms with van der Waals surface area (Å²) >= 11 is 1.38. The Morgan fingerprint density at radius 2 is 2.18 bits per heavy atom. The molecule has 1 atom stereocenters. The number of nitrogens with zero attached hydrogens (tertiary/aromatic N) is 1. The Kier molecular flexibility index (Phi) is 4.96. The summed E-state index contributed by atoms with van der Waals surface area (Å²) in [7, 11) is 0. The number of aryl methyl sites for hydroxylation is 2. The van der Waals surface area contributed by atoms with Crippen LogP contribution in [-0.4, -0.2) is 33.0 Å². The Bertz CT molecular complexity index is 418. The van der Waals surface area contributed by atoms with Crippen molar-refractivity contribution in [3.05, 3.63) is 22.9 Å². The van der Waals surface area contributed by atoms with Gasteiger partial charge in [0.15, 0.2) is 0 Å². The summed E-state index contributed by atoms with van der Waals surface area (Å²) in [5.41, 5.74) is 1.81. The van der Waals surface area contributed by atoms with Crippen LogP contribution < -0.4 is 0 Å². The van der Waals surface area contributed by atoms with Crippen LogP contribution in [0.2, 0.25) is 0 Å². The monoisotopic (exact) mass is 255 g/mol. The lowest BCUT2D eigenvalue weighted by atomic mass is 10.1. The molecule has 0 aliphatic heterocycles. The number of rotatable bonds is 5. The fourth-order valence-corrected chi connectivity index (χ4v) is 2.75. The Hall–Kier alpha value is -1.07. The number of hydrogen-bond donors (Lipinski definition) is 2. The normalized spacial score (nSPS) is 12.5. The summed E-state index contributed by atoms with van der Waals surface area (Å²) in [6.07, 6.45) is 0.250. The van der Waals surface area contributed by atoms with E-state index in [4.69, 9.17) is 10.2 Å². The molecule has 1 aromatic rings. The molecular weight excluding hydrogens is 238 g/mol. The largest absolute Gasteiger partial charge is 0.478 e. The van der Waals surface area contributed by atoms with Crippen LogP contribution >= 0.6 is 11.8 Å². The summed E-state index contributed by atoms with van der Waals surface area (Å²) in [4.78, 5) is 15.4. The molecule has 17 heavy (non-hydrogen) atoms. The lowest BCUT2D eigenvalue weighted by Gasteiger charge is -2.09. The molecule has 0 amide bonds. The van der Waals surface area contributed by atoms with Gasteiger partial charge in [-0.1, -0.05) is 0 Å². The molecule has 2 N–H and O–H groups in total. The third-order valence-electron chi connectivity index (χ3n) is 2.30. The zero-order chi connectivity index (χ0) is 13.0. The average Bonchev–Trinajstić information content (AvgIpc) is 2.14. The smallest absolute Gasteiger partial charge is 0.338 e. The first kappa shape index (κ1) is 14.0. The van der Waals surface area contributed by atoms with Crippen molar-refractivity contribution in [2.24, 2.45) is 0 Å². The summed E-state index contributed by atoms with van der Waals surface area (Å²) in [6.45, 7) is 5.34. The minimum atomic E-state index is -0.949. The Morgan fingerprint density at radius 3 is 2.71 bits per heavy atom. The molecule has 0 aromatic carbocycles. The SMILES string of the molecule is Cc1cc(C)c(C(=O)O)c(SCCC(C)O)n1. The van der Waals surface area contributed by atoms with Crippen LogP contribution in [0.4, 0.5) is 0 Å². The maximum absolute atomic E-state index is 11.1. The van der Waals surface area contributed by atoms with Crippen LogP contribution in [0.25, 0.3) is 0 Å². The average molecular weight is 255 g/mol. The van der Waals surface area contributed by atoms with E-state index in [-0.39, 0.29) is 11.7 Å². The van der Waals surface area contributed by atoms with Crippen LogP contribution in [0.3, 0.4) is 0 Å². The fraction of sp³-hybridized carbons (Fsp3) is 0.500. The van der Waals surface area contributed by atoms with Crippen molar-refractivity contribution in [3.8, 4) is 0 Å². The second-order valence-electron chi connectivity index (χ2n) is 4.05. The van der Waals surface area contributed by atoms with Crippen molar-refractivity contribution in [2.45, 2.75) is 38.3 Å². The quantitative estimate of drug-likeness (QED) is 0.790. The molecule has 0 fully saturated rings. The lowest BCUT2D eigenvalue weighted by molar-refractivity contribution is 0.0691. The minimum absolute atomic E-state index is 0.270. The van der Waals surface area contributed by atoms with Gasteiger partial charge >= 0.3 is 5.97 Å². The van der Waals surface area contributed by atoms with Crippen LogP contribution in [0.1, 0.15) is 35.0 Å². The maximum Gasteiger partial charge on any atom is 0.338 e. The van der Waals surface area contributed by atoms with Gasteiger partial charge in [-0.2, -0.15) is 0 Å². The number of aliphatic hydroxyl groups excluding tert-OH is 1. The summed E-state index contributed by atoms with van der Waals surface area (Å²) in [6, 6.07) is 1.77. The van der Waals surface area contributed by atoms with Crippen molar-refractivity contribution in [2.75, 3.05) is 5.75 Å². The summed E-state index contributed by atoms with van der Waals surface area (Å²) in [5, 5.41) is 18.8. The molecule has 0 saturated heterocycles. The first-order valence-electron chi connectivity index (χ1n) is 5.44. The number of aliphatic hydroxyl groups is 1. The van der Waals surface area contributed by atoms with Crippen molar-refractivity contribution < 1.29 is 15.0 Å². The van der Waals surface area contributed by atoms with Crippen LogP contribution in [-0.2, 0) is 0 Å². The highest BCUT2D eigenvalue weighted by Gasteiger charge is 2.16. The second kappa shape index (κ2) is 6.02. The predicted molar refractivity (Wildman–Crippen MR) is 67.7 cm³/mol. The van der Waals surface area contributed by atoms with Gasteiger partial charge in [-0.3, -0.25) is 0 Å². The molecule has 1 aromatic heterocycles. The molecule has 5 heteroatoms. The Balaban J connectivity index is 2.92. The lowest BCUT2D eigenvalue weighted by Crippen LogP contribution is -2.07. The van der Waals surface area contributed by atoms with E-state index in [9.17, 15) is 4.79 Å². The predicted octanol–water partition coefficient (Wildman–Crippen LogP) is 2.26. The number of aromatic nitrogens is 1. The molecule has 1 unspecified atom stereocenters.